The minimum Gasteiger partial charge on any atom is -0.310 e. The van der Waals surface area contributed by atoms with Crippen molar-refractivity contribution >= 4 is 23.8 Å². The molecule has 0 unspecified atom stereocenters. The van der Waals surface area contributed by atoms with E-state index in [1.165, 1.54) is 26.8 Å². The summed E-state index contributed by atoms with van der Waals surface area (Å²) in [6.07, 6.45) is 16.4. The molecule has 2 heterocycles. The summed E-state index contributed by atoms with van der Waals surface area (Å²) in [5.74, 6) is 1.88. The third-order valence-corrected chi connectivity index (χ3v) is 9.80. The van der Waals surface area contributed by atoms with Gasteiger partial charge in [-0.3, -0.25) is 0 Å². The average molecular weight is 755 g/mol. The van der Waals surface area contributed by atoms with E-state index in [4.69, 9.17) is 15.0 Å². The number of aromatic nitrogens is 4. The molecule has 5 aromatic carbocycles. The van der Waals surface area contributed by atoms with Crippen LogP contribution in [-0.2, 0) is 0 Å². The molecule has 58 heavy (non-hydrogen) atoms. The number of nitrogens with zero attached hydrogens (tertiary/aromatic N) is 4. The monoisotopic (exact) mass is 754 g/mol. The summed E-state index contributed by atoms with van der Waals surface area (Å²) in [6, 6.07) is 47.5. The molecular weight excluding hydrogens is 705 g/mol. The quantitative estimate of drug-likeness (QED) is 0.159. The zero-order valence-electron chi connectivity index (χ0n) is 34.1. The van der Waals surface area contributed by atoms with E-state index in [0.717, 1.165) is 43.9 Å². The summed E-state index contributed by atoms with van der Waals surface area (Å²) in [7, 11) is 0. The summed E-state index contributed by atoms with van der Waals surface area (Å²) < 4.78 is 2.33. The molecular formula is C54H50N4. The molecule has 4 heteroatoms. The molecule has 1 aliphatic carbocycles. The second-order valence-electron chi connectivity index (χ2n) is 13.7. The maximum absolute atomic E-state index is 5.00. The highest BCUT2D eigenvalue weighted by atomic mass is 15.0. The second kappa shape index (κ2) is 19.6. The van der Waals surface area contributed by atoms with Gasteiger partial charge >= 0.3 is 0 Å². The number of allylic oxidation sites excluding steroid dienone is 6. The van der Waals surface area contributed by atoms with Gasteiger partial charge in [0.25, 0.3) is 0 Å². The lowest BCUT2D eigenvalue weighted by molar-refractivity contribution is 0.985. The summed E-state index contributed by atoms with van der Waals surface area (Å²) in [5, 5.41) is 6.86. The van der Waals surface area contributed by atoms with Crippen molar-refractivity contribution in [3.8, 4) is 39.9 Å². The van der Waals surface area contributed by atoms with Crippen molar-refractivity contribution in [3.05, 3.63) is 226 Å². The Hall–Kier alpha value is -7.17. The third kappa shape index (κ3) is 9.09. The number of hydrogen-bond donors (Lipinski definition) is 0. The Morgan fingerprint density at radius 3 is 1.53 bits per heavy atom. The Morgan fingerprint density at radius 2 is 1.03 bits per heavy atom. The average Bonchev–Trinajstić information content (AvgIpc) is 3.52. The van der Waals surface area contributed by atoms with E-state index in [1.54, 1.807) is 0 Å². The highest BCUT2D eigenvalue weighted by Crippen LogP contribution is 2.25. The molecule has 1 aliphatic rings. The van der Waals surface area contributed by atoms with Crippen molar-refractivity contribution in [1.82, 2.24) is 19.5 Å². The van der Waals surface area contributed by atoms with Gasteiger partial charge in [-0.1, -0.05) is 189 Å². The third-order valence-electron chi connectivity index (χ3n) is 9.80. The molecule has 0 fully saturated rings. The van der Waals surface area contributed by atoms with Crippen LogP contribution in [0.3, 0.4) is 0 Å². The molecule has 286 valence electrons. The number of rotatable bonds is 6. The van der Waals surface area contributed by atoms with Crippen molar-refractivity contribution in [2.75, 3.05) is 0 Å². The largest absolute Gasteiger partial charge is 0.310 e. The summed E-state index contributed by atoms with van der Waals surface area (Å²) in [4.78, 5) is 14.9. The predicted octanol–water partition coefficient (Wildman–Crippen LogP) is 10.4. The number of aryl methyl sites for hydroxylation is 1. The molecule has 4 nitrogen and oxygen atoms in total. The van der Waals surface area contributed by atoms with Gasteiger partial charge in [-0.25, -0.2) is 15.0 Å². The fourth-order valence-corrected chi connectivity index (χ4v) is 6.89. The molecule has 0 radical (unpaired) electrons. The smallest absolute Gasteiger partial charge is 0.164 e. The fraction of sp³-hybridized carbons (Fsp3) is 0.0926. The normalized spacial score (nSPS) is 13.0. The molecule has 8 rings (SSSR count). The van der Waals surface area contributed by atoms with Crippen LogP contribution in [0.2, 0.25) is 0 Å². The van der Waals surface area contributed by atoms with Crippen LogP contribution in [0.5, 0.6) is 0 Å². The Morgan fingerprint density at radius 1 is 0.534 bits per heavy atom. The van der Waals surface area contributed by atoms with Gasteiger partial charge in [0.15, 0.2) is 17.5 Å². The van der Waals surface area contributed by atoms with Crippen LogP contribution >= 0.6 is 0 Å². The van der Waals surface area contributed by atoms with Crippen molar-refractivity contribution in [2.24, 2.45) is 0 Å². The predicted molar refractivity (Wildman–Crippen MR) is 246 cm³/mol. The van der Waals surface area contributed by atoms with Crippen LogP contribution < -0.4 is 21.1 Å². The lowest BCUT2D eigenvalue weighted by Gasteiger charge is -2.11. The Bertz CT molecular complexity index is 2890. The van der Waals surface area contributed by atoms with Gasteiger partial charge in [-0.05, 0) is 74.4 Å². The van der Waals surface area contributed by atoms with E-state index in [9.17, 15) is 0 Å². The molecule has 7 aromatic rings. The zero-order valence-corrected chi connectivity index (χ0v) is 34.1. The molecule has 0 amide bonds. The Labute approximate surface area is 342 Å². The van der Waals surface area contributed by atoms with Gasteiger partial charge in [-0.2, -0.15) is 0 Å². The highest BCUT2D eigenvalue weighted by Gasteiger charge is 2.15. The van der Waals surface area contributed by atoms with Crippen LogP contribution in [0.25, 0.3) is 63.7 Å². The van der Waals surface area contributed by atoms with Crippen LogP contribution in [0.1, 0.15) is 33.3 Å². The van der Waals surface area contributed by atoms with Crippen molar-refractivity contribution in [2.45, 2.75) is 34.6 Å². The molecule has 0 saturated carbocycles. The van der Waals surface area contributed by atoms with E-state index in [0.29, 0.717) is 17.5 Å². The summed E-state index contributed by atoms with van der Waals surface area (Å²) in [5.41, 5.74) is 7.43. The molecule has 0 saturated heterocycles. The van der Waals surface area contributed by atoms with Crippen LogP contribution in [-0.4, -0.2) is 19.5 Å². The molecule has 0 spiro atoms. The molecule has 0 bridgehead atoms. The number of fused-ring (bicyclic) bond motifs is 2. The van der Waals surface area contributed by atoms with Gasteiger partial charge in [0.1, 0.15) is 0 Å². The molecule has 0 aliphatic heterocycles. The van der Waals surface area contributed by atoms with E-state index in [2.05, 4.69) is 123 Å². The van der Waals surface area contributed by atoms with Gasteiger partial charge < -0.3 is 4.57 Å². The maximum atomic E-state index is 5.00. The first-order chi connectivity index (χ1) is 28.4. The van der Waals surface area contributed by atoms with E-state index >= 15 is 0 Å². The van der Waals surface area contributed by atoms with Gasteiger partial charge in [0, 0.05) is 38.2 Å². The van der Waals surface area contributed by atoms with E-state index in [-0.39, 0.29) is 0 Å². The van der Waals surface area contributed by atoms with Crippen molar-refractivity contribution in [1.29, 1.82) is 0 Å². The first kappa shape index (κ1) is 40.5. The van der Waals surface area contributed by atoms with Crippen LogP contribution in [0.15, 0.2) is 189 Å². The summed E-state index contributed by atoms with van der Waals surface area (Å²) in [6.45, 7) is 18.5. The minimum atomic E-state index is 0.614. The molecule has 0 atom stereocenters. The standard InChI is InChI=1S/C43H34N4.C7H8.C4H8/c1-5-17-32-28-39-40(36-26-15-14-25-35(36)29(32)4)37(18-6-2)38(7-3)47(39)34-24-16-23-33(27-34)43-45-41(30-19-10-8-11-20-30)44-42(46-43)31-21-12-9-13-22-31;1-7-5-3-2-4-6-7;1-3-4-2/h5-28H,1-2H2,3-4H3;2-6H,1H3;3-4H,1-2H3/b32-17?,37-18+,38-7+;;. The SMILES string of the molecule is C=CC=C1C=c2c(c(=C/C=C)/c(=C\C)n2-c2cccc(-c3nc(-c4ccccc4)nc(-c4ccccc4)n3)c2)=c2ccccc2=C1C.CC=CC.Cc1ccccc1. The van der Waals surface area contributed by atoms with Gasteiger partial charge in [0.05, 0.1) is 5.35 Å². The highest BCUT2D eigenvalue weighted by molar-refractivity contribution is 5.78. The molecule has 2 aromatic heterocycles. The van der Waals surface area contributed by atoms with Crippen molar-refractivity contribution < 1.29 is 0 Å². The van der Waals surface area contributed by atoms with E-state index in [1.807, 2.05) is 117 Å². The first-order valence-corrected chi connectivity index (χ1v) is 19.6. The Balaban J connectivity index is 0.000000451. The fourth-order valence-electron chi connectivity index (χ4n) is 6.89. The van der Waals surface area contributed by atoms with Crippen LogP contribution in [0, 0.1) is 17.4 Å². The maximum Gasteiger partial charge on any atom is 0.164 e. The van der Waals surface area contributed by atoms with E-state index < -0.39 is 0 Å². The summed E-state index contributed by atoms with van der Waals surface area (Å²) >= 11 is 0. The van der Waals surface area contributed by atoms with Gasteiger partial charge in [-0.15, -0.1) is 0 Å². The zero-order chi connectivity index (χ0) is 40.9. The topological polar surface area (TPSA) is 43.6 Å². The minimum absolute atomic E-state index is 0.614. The number of benzene rings is 5. The van der Waals surface area contributed by atoms with Gasteiger partial charge in [0.2, 0.25) is 0 Å². The first-order valence-electron chi connectivity index (χ1n) is 19.6. The van der Waals surface area contributed by atoms with Crippen LogP contribution in [0.4, 0.5) is 0 Å². The molecule has 0 N–H and O–H groups in total. The lowest BCUT2D eigenvalue weighted by Crippen LogP contribution is -2.31. The Kier molecular flexibility index (Phi) is 13.7. The lowest BCUT2D eigenvalue weighted by atomic mass is 10.0. The second-order valence-corrected chi connectivity index (χ2v) is 13.7. The number of hydrogen-bond acceptors (Lipinski definition) is 3. The van der Waals surface area contributed by atoms with Crippen molar-refractivity contribution in [3.63, 3.8) is 0 Å².